The Balaban J connectivity index is 1.89. The minimum atomic E-state index is -3.56. The van der Waals surface area contributed by atoms with E-state index in [0.29, 0.717) is 12.2 Å². The van der Waals surface area contributed by atoms with Crippen LogP contribution in [0.5, 0.6) is 0 Å². The molecule has 2 aromatic rings. The Kier molecular flexibility index (Phi) is 3.46. The van der Waals surface area contributed by atoms with Crippen LogP contribution in [-0.4, -0.2) is 28.3 Å². The molecule has 2 N–H and O–H groups in total. The molecule has 0 radical (unpaired) electrons. The van der Waals surface area contributed by atoms with Crippen molar-refractivity contribution in [2.24, 2.45) is 7.05 Å². The molecule has 21 heavy (non-hydrogen) atoms. The monoisotopic (exact) mass is 306 g/mol. The highest BCUT2D eigenvalue weighted by molar-refractivity contribution is 7.89. The highest BCUT2D eigenvalue weighted by Crippen LogP contribution is 2.33. The van der Waals surface area contributed by atoms with Gasteiger partial charge in [0, 0.05) is 31.5 Å². The highest BCUT2D eigenvalue weighted by atomic mass is 32.2. The molecule has 1 aliphatic carbocycles. The summed E-state index contributed by atoms with van der Waals surface area (Å²) in [5, 5.41) is 0.104. The number of aromatic nitrogens is 2. The number of hydrogen-bond acceptors (Lipinski definition) is 4. The van der Waals surface area contributed by atoms with Gasteiger partial charge in [0.25, 0.3) is 10.0 Å². The van der Waals surface area contributed by atoms with Crippen molar-refractivity contribution in [3.8, 4) is 0 Å². The van der Waals surface area contributed by atoms with Gasteiger partial charge in [-0.15, -0.1) is 0 Å². The zero-order valence-electron chi connectivity index (χ0n) is 11.8. The molecule has 7 heteroatoms. The van der Waals surface area contributed by atoms with Crippen LogP contribution in [0.4, 0.5) is 5.69 Å². The third kappa shape index (κ3) is 2.93. The van der Waals surface area contributed by atoms with Crippen molar-refractivity contribution in [3.63, 3.8) is 0 Å². The summed E-state index contributed by atoms with van der Waals surface area (Å²) in [5.41, 5.74) is 7.26. The van der Waals surface area contributed by atoms with Gasteiger partial charge < -0.3 is 10.3 Å². The Labute approximate surface area is 124 Å². The first-order valence-electron chi connectivity index (χ1n) is 6.81. The van der Waals surface area contributed by atoms with E-state index >= 15 is 0 Å². The molecule has 1 saturated carbocycles. The summed E-state index contributed by atoms with van der Waals surface area (Å²) in [7, 11) is -1.80. The molecule has 0 aliphatic heterocycles. The van der Waals surface area contributed by atoms with Gasteiger partial charge in [-0.3, -0.25) is 0 Å². The Morgan fingerprint density at radius 2 is 2.00 bits per heavy atom. The third-order valence-corrected chi connectivity index (χ3v) is 5.31. The van der Waals surface area contributed by atoms with Crippen molar-refractivity contribution in [1.82, 2.24) is 13.9 Å². The lowest BCUT2D eigenvalue weighted by molar-refractivity contribution is 0.397. The van der Waals surface area contributed by atoms with Crippen LogP contribution in [0, 0.1) is 0 Å². The quantitative estimate of drug-likeness (QED) is 0.846. The highest BCUT2D eigenvalue weighted by Gasteiger charge is 2.39. The molecule has 3 rings (SSSR count). The van der Waals surface area contributed by atoms with E-state index in [0.717, 1.165) is 18.4 Å². The van der Waals surface area contributed by atoms with Crippen molar-refractivity contribution in [1.29, 1.82) is 0 Å². The van der Waals surface area contributed by atoms with Crippen LogP contribution in [0.2, 0.25) is 0 Å². The molecule has 1 heterocycles. The fourth-order valence-corrected chi connectivity index (χ4v) is 3.86. The van der Waals surface area contributed by atoms with Gasteiger partial charge in [-0.2, -0.15) is 4.31 Å². The maximum Gasteiger partial charge on any atom is 0.262 e. The minimum Gasteiger partial charge on any atom is -0.399 e. The van der Waals surface area contributed by atoms with Crippen molar-refractivity contribution in [3.05, 3.63) is 42.4 Å². The number of imidazole rings is 1. The number of nitrogens with two attached hydrogens (primary N) is 1. The Morgan fingerprint density at radius 1 is 1.33 bits per heavy atom. The summed E-state index contributed by atoms with van der Waals surface area (Å²) >= 11 is 0. The number of nitrogen functional groups attached to an aromatic ring is 1. The summed E-state index contributed by atoms with van der Waals surface area (Å²) in [4.78, 5) is 3.99. The SMILES string of the molecule is Cn1cnc(S(=O)(=O)N(Cc2ccc(N)cc2)C2CC2)c1. The van der Waals surface area contributed by atoms with Crippen LogP contribution in [0.15, 0.2) is 41.8 Å². The summed E-state index contributed by atoms with van der Waals surface area (Å²) in [6.07, 6.45) is 4.84. The summed E-state index contributed by atoms with van der Waals surface area (Å²) < 4.78 is 28.6. The van der Waals surface area contributed by atoms with Gasteiger partial charge in [-0.25, -0.2) is 13.4 Å². The van der Waals surface area contributed by atoms with E-state index in [2.05, 4.69) is 4.98 Å². The second kappa shape index (κ2) is 5.16. The van der Waals surface area contributed by atoms with Crippen molar-refractivity contribution >= 4 is 15.7 Å². The first-order chi connectivity index (χ1) is 9.96. The van der Waals surface area contributed by atoms with E-state index < -0.39 is 10.0 Å². The first-order valence-corrected chi connectivity index (χ1v) is 8.25. The van der Waals surface area contributed by atoms with E-state index in [1.807, 2.05) is 12.1 Å². The van der Waals surface area contributed by atoms with Crippen molar-refractivity contribution in [2.45, 2.75) is 30.5 Å². The second-order valence-corrected chi connectivity index (χ2v) is 7.24. The molecule has 1 aromatic heterocycles. The molecule has 0 atom stereocenters. The number of sulfonamides is 1. The normalized spacial score (nSPS) is 15.5. The Bertz CT molecular complexity index is 733. The molecule has 0 saturated heterocycles. The predicted octanol–water partition coefficient (Wildman–Crippen LogP) is 1.36. The Hall–Kier alpha value is -1.86. The minimum absolute atomic E-state index is 0.0783. The largest absolute Gasteiger partial charge is 0.399 e. The van der Waals surface area contributed by atoms with Gasteiger partial charge in [0.2, 0.25) is 0 Å². The maximum atomic E-state index is 12.7. The van der Waals surface area contributed by atoms with Crippen LogP contribution < -0.4 is 5.73 Å². The number of rotatable bonds is 5. The number of nitrogens with zero attached hydrogens (tertiary/aromatic N) is 3. The number of aryl methyl sites for hydroxylation is 1. The third-order valence-electron chi connectivity index (χ3n) is 3.53. The van der Waals surface area contributed by atoms with Crippen LogP contribution in [-0.2, 0) is 23.6 Å². The average Bonchev–Trinajstić information content (AvgIpc) is 3.18. The van der Waals surface area contributed by atoms with E-state index in [1.54, 1.807) is 28.1 Å². The maximum absolute atomic E-state index is 12.7. The van der Waals surface area contributed by atoms with Crippen molar-refractivity contribution < 1.29 is 8.42 Å². The lowest BCUT2D eigenvalue weighted by Crippen LogP contribution is -2.32. The van der Waals surface area contributed by atoms with Crippen LogP contribution in [0.1, 0.15) is 18.4 Å². The van der Waals surface area contributed by atoms with E-state index in [1.165, 1.54) is 12.5 Å². The number of hydrogen-bond donors (Lipinski definition) is 1. The first kappa shape index (κ1) is 14.1. The molecular formula is C14H18N4O2S. The molecule has 0 bridgehead atoms. The van der Waals surface area contributed by atoms with Gasteiger partial charge in [0.15, 0.2) is 5.03 Å². The number of anilines is 1. The van der Waals surface area contributed by atoms with Crippen LogP contribution in [0.3, 0.4) is 0 Å². The molecule has 1 aliphatic rings. The van der Waals surface area contributed by atoms with E-state index in [4.69, 9.17) is 5.73 Å². The van der Waals surface area contributed by atoms with Gasteiger partial charge in [-0.05, 0) is 30.5 Å². The summed E-state index contributed by atoms with van der Waals surface area (Å²) in [5.74, 6) is 0. The van der Waals surface area contributed by atoms with Crippen molar-refractivity contribution in [2.75, 3.05) is 5.73 Å². The fraction of sp³-hybridized carbons (Fsp3) is 0.357. The standard InChI is InChI=1S/C14H18N4O2S/c1-17-9-14(16-10-17)21(19,20)18(13-6-7-13)8-11-2-4-12(15)5-3-11/h2-5,9-10,13H,6-8,15H2,1H3. The molecule has 1 aromatic carbocycles. The Morgan fingerprint density at radius 3 is 2.52 bits per heavy atom. The fourth-order valence-electron chi connectivity index (χ4n) is 2.22. The van der Waals surface area contributed by atoms with Gasteiger partial charge >= 0.3 is 0 Å². The summed E-state index contributed by atoms with van der Waals surface area (Å²) in [6, 6.07) is 7.37. The van der Waals surface area contributed by atoms with Gasteiger partial charge in [0.05, 0.1) is 6.33 Å². The molecule has 0 amide bonds. The lowest BCUT2D eigenvalue weighted by atomic mass is 10.2. The van der Waals surface area contributed by atoms with Gasteiger partial charge in [0.1, 0.15) is 0 Å². The lowest BCUT2D eigenvalue weighted by Gasteiger charge is -2.20. The van der Waals surface area contributed by atoms with Crippen LogP contribution in [0.25, 0.3) is 0 Å². The zero-order valence-corrected chi connectivity index (χ0v) is 12.6. The average molecular weight is 306 g/mol. The molecular weight excluding hydrogens is 288 g/mol. The molecule has 6 nitrogen and oxygen atoms in total. The molecule has 0 unspecified atom stereocenters. The molecule has 1 fully saturated rings. The second-order valence-electron chi connectivity index (χ2n) is 5.40. The smallest absolute Gasteiger partial charge is 0.262 e. The number of benzene rings is 1. The summed E-state index contributed by atoms with van der Waals surface area (Å²) in [6.45, 7) is 0.351. The van der Waals surface area contributed by atoms with Crippen LogP contribution >= 0.6 is 0 Å². The van der Waals surface area contributed by atoms with E-state index in [-0.39, 0.29) is 11.1 Å². The van der Waals surface area contributed by atoms with E-state index in [9.17, 15) is 8.42 Å². The predicted molar refractivity (Wildman–Crippen MR) is 79.8 cm³/mol. The molecule has 112 valence electrons. The van der Waals surface area contributed by atoms with Gasteiger partial charge in [-0.1, -0.05) is 12.1 Å². The topological polar surface area (TPSA) is 81.2 Å². The zero-order chi connectivity index (χ0) is 15.0. The molecule has 0 spiro atoms.